The van der Waals surface area contributed by atoms with Crippen molar-refractivity contribution in [3.8, 4) is 5.75 Å². The molecule has 1 aromatic carbocycles. The van der Waals surface area contributed by atoms with Gasteiger partial charge in [-0.15, -0.1) is 0 Å². The number of nitrogens with zero attached hydrogens (tertiary/aromatic N) is 2. The molecule has 1 amide bonds. The van der Waals surface area contributed by atoms with Crippen molar-refractivity contribution >= 4 is 5.91 Å². The van der Waals surface area contributed by atoms with Crippen molar-refractivity contribution in [2.75, 3.05) is 7.11 Å². The molecule has 0 aliphatic heterocycles. The molecule has 0 spiro atoms. The van der Waals surface area contributed by atoms with Crippen LogP contribution in [0.1, 0.15) is 27.8 Å². The molecule has 0 fully saturated rings. The molecule has 23 heavy (non-hydrogen) atoms. The van der Waals surface area contributed by atoms with Crippen LogP contribution in [-0.4, -0.2) is 28.2 Å². The van der Waals surface area contributed by atoms with E-state index in [2.05, 4.69) is 20.5 Å². The van der Waals surface area contributed by atoms with Gasteiger partial charge in [0.15, 0.2) is 0 Å². The van der Waals surface area contributed by atoms with E-state index in [-0.39, 0.29) is 5.91 Å². The van der Waals surface area contributed by atoms with Crippen LogP contribution in [0.25, 0.3) is 0 Å². The average Bonchev–Trinajstić information content (AvgIpc) is 3.15. The highest BCUT2D eigenvalue weighted by molar-refractivity contribution is 5.92. The van der Waals surface area contributed by atoms with Crippen LogP contribution >= 0.6 is 0 Å². The second kappa shape index (κ2) is 6.74. The lowest BCUT2D eigenvalue weighted by molar-refractivity contribution is 0.0937. The van der Waals surface area contributed by atoms with E-state index in [0.29, 0.717) is 11.4 Å². The van der Waals surface area contributed by atoms with Crippen LogP contribution in [0.3, 0.4) is 0 Å². The van der Waals surface area contributed by atoms with E-state index in [1.165, 1.54) is 6.20 Å². The van der Waals surface area contributed by atoms with Crippen molar-refractivity contribution in [2.45, 2.75) is 6.04 Å². The van der Waals surface area contributed by atoms with Gasteiger partial charge in [-0.1, -0.05) is 24.3 Å². The van der Waals surface area contributed by atoms with Crippen LogP contribution in [0.5, 0.6) is 5.75 Å². The van der Waals surface area contributed by atoms with Gasteiger partial charge < -0.3 is 10.1 Å². The smallest absolute Gasteiger partial charge is 0.270 e. The number of carbonyl (C=O) groups is 1. The molecule has 1 atom stereocenters. The highest BCUT2D eigenvalue weighted by Crippen LogP contribution is 2.29. The number of nitrogens with one attached hydrogen (secondary N) is 2. The summed E-state index contributed by atoms with van der Waals surface area (Å²) < 4.78 is 5.42. The molecular weight excluding hydrogens is 292 g/mol. The molecule has 2 N–H and O–H groups in total. The number of pyridine rings is 1. The predicted octanol–water partition coefficient (Wildman–Crippen LogP) is 2.33. The SMILES string of the molecule is COc1ccccc1C(NC(=O)c1ccn[nH]1)c1ccccn1. The Kier molecular flexibility index (Phi) is 4.33. The molecule has 0 aliphatic carbocycles. The zero-order valence-electron chi connectivity index (χ0n) is 12.6. The molecule has 3 rings (SSSR count). The minimum atomic E-state index is -0.428. The standard InChI is InChI=1S/C17H16N4O2/c1-23-15-8-3-2-6-12(15)16(13-7-4-5-10-18-13)20-17(22)14-9-11-19-21-14/h2-11,16H,1H3,(H,19,21)(H,20,22). The number of aromatic nitrogens is 3. The monoisotopic (exact) mass is 308 g/mol. The van der Waals surface area contributed by atoms with Gasteiger partial charge in [-0.25, -0.2) is 0 Å². The number of H-pyrrole nitrogens is 1. The minimum Gasteiger partial charge on any atom is -0.496 e. The maximum atomic E-state index is 12.4. The summed E-state index contributed by atoms with van der Waals surface area (Å²) in [5.74, 6) is 0.428. The molecule has 6 heteroatoms. The third-order valence-corrected chi connectivity index (χ3v) is 3.45. The maximum absolute atomic E-state index is 12.4. The first kappa shape index (κ1) is 14.8. The fourth-order valence-corrected chi connectivity index (χ4v) is 2.35. The lowest BCUT2D eigenvalue weighted by Crippen LogP contribution is -2.30. The number of methoxy groups -OCH3 is 1. The third-order valence-electron chi connectivity index (χ3n) is 3.45. The quantitative estimate of drug-likeness (QED) is 0.758. The Morgan fingerprint density at radius 3 is 2.65 bits per heavy atom. The van der Waals surface area contributed by atoms with Crippen molar-refractivity contribution in [1.29, 1.82) is 0 Å². The second-order valence-corrected chi connectivity index (χ2v) is 4.87. The second-order valence-electron chi connectivity index (χ2n) is 4.87. The molecule has 0 saturated heterocycles. The van der Waals surface area contributed by atoms with Gasteiger partial charge in [-0.05, 0) is 24.3 Å². The fourth-order valence-electron chi connectivity index (χ4n) is 2.35. The maximum Gasteiger partial charge on any atom is 0.270 e. The van der Waals surface area contributed by atoms with E-state index in [1.54, 1.807) is 19.4 Å². The van der Waals surface area contributed by atoms with Crippen molar-refractivity contribution in [1.82, 2.24) is 20.5 Å². The Labute approximate surface area is 133 Å². The predicted molar refractivity (Wildman–Crippen MR) is 85.1 cm³/mol. The Bertz CT molecular complexity index is 772. The van der Waals surface area contributed by atoms with Gasteiger partial charge in [0.1, 0.15) is 17.5 Å². The highest BCUT2D eigenvalue weighted by Gasteiger charge is 2.22. The number of aromatic amines is 1. The third kappa shape index (κ3) is 3.21. The Morgan fingerprint density at radius 2 is 1.96 bits per heavy atom. The number of rotatable bonds is 5. The normalized spacial score (nSPS) is 11.7. The molecule has 116 valence electrons. The topological polar surface area (TPSA) is 79.9 Å². The zero-order valence-corrected chi connectivity index (χ0v) is 12.6. The van der Waals surface area contributed by atoms with Gasteiger partial charge >= 0.3 is 0 Å². The van der Waals surface area contributed by atoms with Crippen molar-refractivity contribution in [2.24, 2.45) is 0 Å². The van der Waals surface area contributed by atoms with Gasteiger partial charge in [0.05, 0.1) is 12.8 Å². The number of amides is 1. The highest BCUT2D eigenvalue weighted by atomic mass is 16.5. The van der Waals surface area contributed by atoms with Gasteiger partial charge in [0.25, 0.3) is 5.91 Å². The summed E-state index contributed by atoms with van der Waals surface area (Å²) in [4.78, 5) is 16.8. The lowest BCUT2D eigenvalue weighted by Gasteiger charge is -2.20. The number of benzene rings is 1. The first-order valence-electron chi connectivity index (χ1n) is 7.13. The molecule has 2 heterocycles. The first-order valence-corrected chi connectivity index (χ1v) is 7.13. The summed E-state index contributed by atoms with van der Waals surface area (Å²) in [7, 11) is 1.60. The number of ether oxygens (including phenoxy) is 1. The Morgan fingerprint density at radius 1 is 1.13 bits per heavy atom. The summed E-state index contributed by atoms with van der Waals surface area (Å²) in [5, 5.41) is 9.44. The van der Waals surface area contributed by atoms with E-state index < -0.39 is 6.04 Å². The summed E-state index contributed by atoms with van der Waals surface area (Å²) in [6.45, 7) is 0. The molecule has 2 aromatic heterocycles. The number of carbonyl (C=O) groups excluding carboxylic acids is 1. The molecule has 0 aliphatic rings. The summed E-state index contributed by atoms with van der Waals surface area (Å²) in [5.41, 5.74) is 1.95. The van der Waals surface area contributed by atoms with Gasteiger partial charge in [0, 0.05) is 18.0 Å². The molecule has 0 bridgehead atoms. The Balaban J connectivity index is 1.99. The van der Waals surface area contributed by atoms with Crippen molar-refractivity contribution in [3.05, 3.63) is 77.9 Å². The molecule has 1 unspecified atom stereocenters. The van der Waals surface area contributed by atoms with Crippen LogP contribution in [0, 0.1) is 0 Å². The Hall–Kier alpha value is -3.15. The van der Waals surface area contributed by atoms with Gasteiger partial charge in [0.2, 0.25) is 0 Å². The number of hydrogen-bond donors (Lipinski definition) is 2. The van der Waals surface area contributed by atoms with Crippen LogP contribution in [0.15, 0.2) is 60.9 Å². The van der Waals surface area contributed by atoms with Crippen LogP contribution in [0.2, 0.25) is 0 Å². The first-order chi connectivity index (χ1) is 11.3. The average molecular weight is 308 g/mol. The van der Waals surface area contributed by atoms with E-state index in [1.807, 2.05) is 42.5 Å². The van der Waals surface area contributed by atoms with E-state index in [4.69, 9.17) is 4.74 Å². The van der Waals surface area contributed by atoms with Crippen LogP contribution in [0.4, 0.5) is 0 Å². The summed E-state index contributed by atoms with van der Waals surface area (Å²) in [6.07, 6.45) is 3.23. The van der Waals surface area contributed by atoms with Crippen LogP contribution in [-0.2, 0) is 0 Å². The minimum absolute atomic E-state index is 0.260. The number of hydrogen-bond acceptors (Lipinski definition) is 4. The van der Waals surface area contributed by atoms with E-state index in [9.17, 15) is 4.79 Å². The summed E-state index contributed by atoms with van der Waals surface area (Å²) in [6, 6.07) is 14.3. The van der Waals surface area contributed by atoms with Gasteiger partial charge in [-0.2, -0.15) is 5.10 Å². The van der Waals surface area contributed by atoms with Gasteiger partial charge in [-0.3, -0.25) is 14.9 Å². The van der Waals surface area contributed by atoms with Crippen LogP contribution < -0.4 is 10.1 Å². The van der Waals surface area contributed by atoms with E-state index >= 15 is 0 Å². The number of para-hydroxylation sites is 1. The van der Waals surface area contributed by atoms with Crippen molar-refractivity contribution < 1.29 is 9.53 Å². The molecular formula is C17H16N4O2. The largest absolute Gasteiger partial charge is 0.496 e. The van der Waals surface area contributed by atoms with Crippen molar-refractivity contribution in [3.63, 3.8) is 0 Å². The van der Waals surface area contributed by atoms with E-state index in [0.717, 1.165) is 11.3 Å². The lowest BCUT2D eigenvalue weighted by atomic mass is 10.0. The molecule has 6 nitrogen and oxygen atoms in total. The zero-order chi connectivity index (χ0) is 16.1. The molecule has 0 radical (unpaired) electrons. The fraction of sp³-hybridized carbons (Fsp3) is 0.118. The molecule has 3 aromatic rings. The summed E-state index contributed by atoms with van der Waals surface area (Å²) >= 11 is 0. The molecule has 0 saturated carbocycles.